The molecule has 3 aliphatic rings. The van der Waals surface area contributed by atoms with Crippen molar-refractivity contribution in [3.8, 4) is 0 Å². The Morgan fingerprint density at radius 1 is 1.03 bits per heavy atom. The maximum absolute atomic E-state index is 12.4. The number of allylic oxidation sites excluding steroid dienone is 1. The molecule has 1 aromatic carbocycles. The van der Waals surface area contributed by atoms with Crippen molar-refractivity contribution in [1.29, 1.82) is 0 Å². The summed E-state index contributed by atoms with van der Waals surface area (Å²) in [6.45, 7) is -0.772. The standard InChI is InChI=1S/C23H26O11/c24-8-15-17(25)18(26)19(27)23(33-15)34-22-16-12(6-7-13(16)14(10-32-22)20(28)29)9-31-21(30)11-4-2-1-3-5-11/h1-6,10,13,15-19,22-27H,7-9H2,(H,28,29). The van der Waals surface area contributed by atoms with Crippen LogP contribution >= 0.6 is 0 Å². The highest BCUT2D eigenvalue weighted by molar-refractivity contribution is 5.89. The van der Waals surface area contributed by atoms with Crippen molar-refractivity contribution in [2.45, 2.75) is 43.4 Å². The van der Waals surface area contributed by atoms with Crippen molar-refractivity contribution in [2.75, 3.05) is 13.2 Å². The van der Waals surface area contributed by atoms with Crippen LogP contribution in [0.1, 0.15) is 16.8 Å². The lowest BCUT2D eigenvalue weighted by Crippen LogP contribution is -2.60. The van der Waals surface area contributed by atoms with Crippen LogP contribution in [-0.2, 0) is 23.7 Å². The van der Waals surface area contributed by atoms with Gasteiger partial charge in [-0.15, -0.1) is 0 Å². The Balaban J connectivity index is 1.51. The molecule has 5 N–H and O–H groups in total. The number of aliphatic hydroxyl groups is 4. The highest BCUT2D eigenvalue weighted by atomic mass is 16.8. The summed E-state index contributed by atoms with van der Waals surface area (Å²) in [5, 5.41) is 49.3. The molecule has 2 heterocycles. The van der Waals surface area contributed by atoms with Gasteiger partial charge in [-0.3, -0.25) is 0 Å². The van der Waals surface area contributed by atoms with Gasteiger partial charge < -0.3 is 44.5 Å². The average molecular weight is 478 g/mol. The summed E-state index contributed by atoms with van der Waals surface area (Å²) in [5.41, 5.74) is 0.938. The Morgan fingerprint density at radius 2 is 1.76 bits per heavy atom. The van der Waals surface area contributed by atoms with E-state index in [-0.39, 0.29) is 12.2 Å². The number of rotatable bonds is 7. The first-order valence-electron chi connectivity index (χ1n) is 10.8. The number of aliphatic hydroxyl groups excluding tert-OH is 4. The third kappa shape index (κ3) is 4.71. The highest BCUT2D eigenvalue weighted by Gasteiger charge is 2.49. The van der Waals surface area contributed by atoms with Gasteiger partial charge in [0, 0.05) is 5.92 Å². The summed E-state index contributed by atoms with van der Waals surface area (Å²) >= 11 is 0. The van der Waals surface area contributed by atoms with Crippen molar-refractivity contribution in [2.24, 2.45) is 11.8 Å². The lowest BCUT2D eigenvalue weighted by atomic mass is 9.83. The van der Waals surface area contributed by atoms with Crippen LogP contribution in [0.15, 0.2) is 53.8 Å². The van der Waals surface area contributed by atoms with Crippen molar-refractivity contribution in [3.05, 3.63) is 59.4 Å². The molecule has 0 radical (unpaired) electrons. The lowest BCUT2D eigenvalue weighted by Gasteiger charge is -2.42. The van der Waals surface area contributed by atoms with Gasteiger partial charge in [-0.2, -0.15) is 0 Å². The van der Waals surface area contributed by atoms with Gasteiger partial charge >= 0.3 is 11.9 Å². The molecule has 11 nitrogen and oxygen atoms in total. The zero-order chi connectivity index (χ0) is 24.4. The number of hydrogen-bond acceptors (Lipinski definition) is 10. The van der Waals surface area contributed by atoms with Crippen molar-refractivity contribution < 1.29 is 54.1 Å². The summed E-state index contributed by atoms with van der Waals surface area (Å²) in [6, 6.07) is 8.37. The number of esters is 1. The first-order valence-corrected chi connectivity index (χ1v) is 10.8. The number of carboxylic acids is 1. The van der Waals surface area contributed by atoms with E-state index in [1.807, 2.05) is 0 Å². The molecule has 8 atom stereocenters. The fourth-order valence-electron chi connectivity index (χ4n) is 4.42. The summed E-state index contributed by atoms with van der Waals surface area (Å²) in [5.74, 6) is -2.96. The van der Waals surface area contributed by atoms with Gasteiger partial charge in [0.1, 0.15) is 31.0 Å². The molecule has 2 aliphatic heterocycles. The summed E-state index contributed by atoms with van der Waals surface area (Å²) < 4.78 is 22.1. The number of benzene rings is 1. The van der Waals surface area contributed by atoms with Crippen LogP contribution in [0, 0.1) is 11.8 Å². The monoisotopic (exact) mass is 478 g/mol. The molecule has 0 amide bonds. The highest BCUT2D eigenvalue weighted by Crippen LogP contribution is 2.44. The Kier molecular flexibility index (Phi) is 7.31. The number of carbonyl (C=O) groups excluding carboxylic acids is 1. The topological polar surface area (TPSA) is 172 Å². The van der Waals surface area contributed by atoms with E-state index in [0.717, 1.165) is 6.26 Å². The van der Waals surface area contributed by atoms with Crippen LogP contribution in [0.25, 0.3) is 0 Å². The minimum Gasteiger partial charge on any atom is -0.478 e. The Hall–Kier alpha value is -2.80. The Labute approximate surface area is 194 Å². The smallest absolute Gasteiger partial charge is 0.338 e. The van der Waals surface area contributed by atoms with Crippen LogP contribution in [-0.4, -0.2) is 87.7 Å². The zero-order valence-corrected chi connectivity index (χ0v) is 18.0. The maximum atomic E-state index is 12.4. The quantitative estimate of drug-likeness (QED) is 0.254. The lowest BCUT2D eigenvalue weighted by molar-refractivity contribution is -0.339. The minimum absolute atomic E-state index is 0.0132. The van der Waals surface area contributed by atoms with E-state index in [1.54, 1.807) is 36.4 Å². The molecule has 11 heteroatoms. The van der Waals surface area contributed by atoms with E-state index in [0.29, 0.717) is 17.6 Å². The predicted molar refractivity (Wildman–Crippen MR) is 112 cm³/mol. The molecule has 0 saturated carbocycles. The van der Waals surface area contributed by atoms with Gasteiger partial charge in [-0.1, -0.05) is 24.3 Å². The van der Waals surface area contributed by atoms with Crippen molar-refractivity contribution in [3.63, 3.8) is 0 Å². The van der Waals surface area contributed by atoms with Gasteiger partial charge in [0.05, 0.1) is 29.9 Å². The summed E-state index contributed by atoms with van der Waals surface area (Å²) in [7, 11) is 0. The Bertz CT molecular complexity index is 957. The van der Waals surface area contributed by atoms with Crippen molar-refractivity contribution in [1.82, 2.24) is 0 Å². The third-order valence-electron chi connectivity index (χ3n) is 6.26. The molecule has 0 bridgehead atoms. The van der Waals surface area contributed by atoms with Gasteiger partial charge in [0.2, 0.25) is 6.29 Å². The molecule has 0 spiro atoms. The second kappa shape index (κ2) is 10.2. The van der Waals surface area contributed by atoms with Gasteiger partial charge in [-0.05, 0) is 24.1 Å². The van der Waals surface area contributed by atoms with E-state index in [9.17, 15) is 35.1 Å². The molecule has 34 heavy (non-hydrogen) atoms. The van der Waals surface area contributed by atoms with E-state index in [2.05, 4.69) is 0 Å². The van der Waals surface area contributed by atoms with Crippen LogP contribution in [0.5, 0.6) is 0 Å². The summed E-state index contributed by atoms with van der Waals surface area (Å²) in [6.07, 6.45) is -5.53. The van der Waals surface area contributed by atoms with E-state index >= 15 is 0 Å². The fourth-order valence-corrected chi connectivity index (χ4v) is 4.42. The van der Waals surface area contributed by atoms with Crippen LogP contribution in [0.2, 0.25) is 0 Å². The largest absolute Gasteiger partial charge is 0.478 e. The fraction of sp³-hybridized carbons (Fsp3) is 0.478. The van der Waals surface area contributed by atoms with Gasteiger partial charge in [0.25, 0.3) is 0 Å². The number of aliphatic carboxylic acids is 1. The Morgan fingerprint density at radius 3 is 2.44 bits per heavy atom. The molecule has 184 valence electrons. The summed E-state index contributed by atoms with van der Waals surface area (Å²) in [4.78, 5) is 24.1. The molecule has 1 aromatic rings. The second-order valence-corrected chi connectivity index (χ2v) is 8.31. The van der Waals surface area contributed by atoms with Gasteiger partial charge in [-0.25, -0.2) is 9.59 Å². The van der Waals surface area contributed by atoms with E-state index in [4.69, 9.17) is 18.9 Å². The minimum atomic E-state index is -1.66. The second-order valence-electron chi connectivity index (χ2n) is 8.31. The first-order chi connectivity index (χ1) is 16.3. The van der Waals surface area contributed by atoms with Crippen molar-refractivity contribution >= 4 is 11.9 Å². The molecule has 1 aliphatic carbocycles. The van der Waals surface area contributed by atoms with Gasteiger partial charge in [0.15, 0.2) is 6.29 Å². The molecule has 1 saturated heterocycles. The number of ether oxygens (including phenoxy) is 4. The molecule has 0 aromatic heterocycles. The van der Waals surface area contributed by atoms with Crippen LogP contribution < -0.4 is 0 Å². The number of carboxylic acid groups (broad SMARTS) is 1. The number of fused-ring (bicyclic) bond motifs is 1. The number of carbonyl (C=O) groups is 2. The first kappa shape index (κ1) is 24.3. The van der Waals surface area contributed by atoms with Crippen LogP contribution in [0.3, 0.4) is 0 Å². The molecular formula is C23H26O11. The SMILES string of the molecule is O=C(O)C1=COC(OC2OC(CO)C(O)C(O)C2O)C2C(COC(=O)c3ccccc3)=CCC12. The normalized spacial score (nSPS) is 34.9. The van der Waals surface area contributed by atoms with E-state index < -0.39 is 67.4 Å². The predicted octanol–water partition coefficient (Wildman–Crippen LogP) is -0.453. The molecular weight excluding hydrogens is 452 g/mol. The average Bonchev–Trinajstić information content (AvgIpc) is 3.27. The molecule has 4 rings (SSSR count). The van der Waals surface area contributed by atoms with Crippen LogP contribution in [0.4, 0.5) is 0 Å². The maximum Gasteiger partial charge on any atom is 0.338 e. The number of hydrogen-bond donors (Lipinski definition) is 5. The molecule has 1 fully saturated rings. The zero-order valence-electron chi connectivity index (χ0n) is 18.0. The third-order valence-corrected chi connectivity index (χ3v) is 6.26. The van der Waals surface area contributed by atoms with E-state index in [1.165, 1.54) is 0 Å². The molecule has 8 unspecified atom stereocenters.